The van der Waals surface area contributed by atoms with Crippen LogP contribution in [-0.4, -0.2) is 11.8 Å². The Hall–Kier alpha value is -1.05. The predicted octanol–water partition coefficient (Wildman–Crippen LogP) is 3.08. The highest BCUT2D eigenvalue weighted by Gasteiger charge is 2.03. The van der Waals surface area contributed by atoms with Gasteiger partial charge in [-0.3, -0.25) is 4.99 Å². The van der Waals surface area contributed by atoms with Crippen molar-refractivity contribution in [2.45, 2.75) is 39.2 Å². The highest BCUT2D eigenvalue weighted by molar-refractivity contribution is 5.58. The molecular weight excluding hydrogens is 162 g/mol. The van der Waals surface area contributed by atoms with Gasteiger partial charge in [-0.2, -0.15) is 0 Å². The van der Waals surface area contributed by atoms with Crippen LogP contribution in [0, 0.1) is 0 Å². The number of hydrogen-bond donors (Lipinski definition) is 0. The largest absolute Gasteiger partial charge is 0.469 e. The van der Waals surface area contributed by atoms with Crippen LogP contribution < -0.4 is 0 Å². The lowest BCUT2D eigenvalue weighted by atomic mass is 10.1. The van der Waals surface area contributed by atoms with Crippen molar-refractivity contribution in [2.75, 3.05) is 0 Å². The molecule has 0 spiro atoms. The van der Waals surface area contributed by atoms with Crippen molar-refractivity contribution in [1.29, 1.82) is 0 Å². The zero-order chi connectivity index (χ0) is 9.73. The lowest BCUT2D eigenvalue weighted by molar-refractivity contribution is 0.511. The molecule has 0 aliphatic rings. The van der Waals surface area contributed by atoms with Crippen LogP contribution in [0.15, 0.2) is 27.8 Å². The maximum Gasteiger partial charge on any atom is 0.104 e. The average molecular weight is 179 g/mol. The molecule has 1 aromatic heterocycles. The zero-order valence-corrected chi connectivity index (χ0v) is 8.58. The molecule has 2 nitrogen and oxygen atoms in total. The third-order valence-corrected chi connectivity index (χ3v) is 1.58. The number of aliphatic imine (C=N–C) groups is 1. The molecular formula is C11H17NO. The Morgan fingerprint density at radius 1 is 1.46 bits per heavy atom. The zero-order valence-electron chi connectivity index (χ0n) is 8.58. The molecule has 0 atom stereocenters. The highest BCUT2D eigenvalue weighted by atomic mass is 16.3. The molecule has 0 radical (unpaired) electrons. The maximum absolute atomic E-state index is 5.20. The van der Waals surface area contributed by atoms with Crippen molar-refractivity contribution in [2.24, 2.45) is 4.99 Å². The summed E-state index contributed by atoms with van der Waals surface area (Å²) in [5.41, 5.74) is 0.0448. The molecule has 0 amide bonds. The molecule has 1 heterocycles. The smallest absolute Gasteiger partial charge is 0.104 e. The van der Waals surface area contributed by atoms with Crippen molar-refractivity contribution in [3.8, 4) is 0 Å². The first-order chi connectivity index (χ1) is 6.08. The third-order valence-electron chi connectivity index (χ3n) is 1.58. The van der Waals surface area contributed by atoms with E-state index in [9.17, 15) is 0 Å². The summed E-state index contributed by atoms with van der Waals surface area (Å²) in [4.78, 5) is 4.39. The van der Waals surface area contributed by atoms with E-state index in [-0.39, 0.29) is 5.54 Å². The van der Waals surface area contributed by atoms with Crippen LogP contribution in [0.2, 0.25) is 0 Å². The van der Waals surface area contributed by atoms with Crippen LogP contribution in [0.25, 0.3) is 0 Å². The van der Waals surface area contributed by atoms with Crippen LogP contribution in [-0.2, 0) is 6.42 Å². The van der Waals surface area contributed by atoms with Gasteiger partial charge in [0.05, 0.1) is 11.8 Å². The Morgan fingerprint density at radius 2 is 2.23 bits per heavy atom. The van der Waals surface area contributed by atoms with Crippen LogP contribution in [0.4, 0.5) is 0 Å². The number of aryl methyl sites for hydroxylation is 1. The van der Waals surface area contributed by atoms with Crippen molar-refractivity contribution in [1.82, 2.24) is 0 Å². The Morgan fingerprint density at radius 3 is 2.77 bits per heavy atom. The van der Waals surface area contributed by atoms with Crippen molar-refractivity contribution in [3.05, 3.63) is 24.2 Å². The van der Waals surface area contributed by atoms with Gasteiger partial charge in [-0.1, -0.05) is 0 Å². The fraction of sp³-hybridized carbons (Fsp3) is 0.545. The van der Waals surface area contributed by atoms with Gasteiger partial charge in [-0.15, -0.1) is 0 Å². The van der Waals surface area contributed by atoms with Gasteiger partial charge in [0.2, 0.25) is 0 Å². The lowest BCUT2D eigenvalue weighted by Gasteiger charge is -2.10. The van der Waals surface area contributed by atoms with Crippen molar-refractivity contribution in [3.63, 3.8) is 0 Å². The standard InChI is InChI=1S/C11H17NO/c1-11(2,3)12-8-4-6-10-7-5-9-13-10/h5,7-9H,4,6H2,1-3H3/b12-8-. The predicted molar refractivity (Wildman–Crippen MR) is 55.3 cm³/mol. The summed E-state index contributed by atoms with van der Waals surface area (Å²) in [6.45, 7) is 6.28. The summed E-state index contributed by atoms with van der Waals surface area (Å²) in [7, 11) is 0. The fourth-order valence-electron chi connectivity index (χ4n) is 1.00. The van der Waals surface area contributed by atoms with E-state index in [4.69, 9.17) is 4.42 Å². The molecule has 1 rings (SSSR count). The minimum Gasteiger partial charge on any atom is -0.469 e. The summed E-state index contributed by atoms with van der Waals surface area (Å²) in [5, 5.41) is 0. The van der Waals surface area contributed by atoms with Crippen LogP contribution in [0.3, 0.4) is 0 Å². The third kappa shape index (κ3) is 4.51. The SMILES string of the molecule is CC(C)(C)/N=C\CCc1ccco1. The summed E-state index contributed by atoms with van der Waals surface area (Å²) in [6, 6.07) is 3.90. The number of rotatable bonds is 3. The molecule has 13 heavy (non-hydrogen) atoms. The molecule has 0 unspecified atom stereocenters. The molecule has 1 aromatic rings. The van der Waals surface area contributed by atoms with E-state index in [0.29, 0.717) is 0 Å². The van der Waals surface area contributed by atoms with E-state index in [0.717, 1.165) is 18.6 Å². The van der Waals surface area contributed by atoms with Gasteiger partial charge in [-0.05, 0) is 45.5 Å². The second-order valence-corrected chi connectivity index (χ2v) is 4.10. The molecule has 0 aliphatic carbocycles. The minimum atomic E-state index is 0.0448. The van der Waals surface area contributed by atoms with Crippen LogP contribution >= 0.6 is 0 Å². The van der Waals surface area contributed by atoms with Gasteiger partial charge in [0, 0.05) is 6.42 Å². The van der Waals surface area contributed by atoms with Gasteiger partial charge in [0.15, 0.2) is 0 Å². The quantitative estimate of drug-likeness (QED) is 0.655. The van der Waals surface area contributed by atoms with Gasteiger partial charge >= 0.3 is 0 Å². The first-order valence-electron chi connectivity index (χ1n) is 4.64. The number of nitrogens with zero attached hydrogens (tertiary/aromatic N) is 1. The second-order valence-electron chi connectivity index (χ2n) is 4.10. The summed E-state index contributed by atoms with van der Waals surface area (Å²) >= 11 is 0. The number of hydrogen-bond acceptors (Lipinski definition) is 2. The second kappa shape index (κ2) is 4.26. The topological polar surface area (TPSA) is 25.5 Å². The Bertz CT molecular complexity index is 254. The first kappa shape index (κ1) is 10.0. The molecule has 0 aliphatic heterocycles. The number of furan rings is 1. The van der Waals surface area contributed by atoms with Gasteiger partial charge < -0.3 is 4.42 Å². The molecule has 2 heteroatoms. The molecule has 72 valence electrons. The van der Waals surface area contributed by atoms with E-state index in [1.807, 2.05) is 18.3 Å². The van der Waals surface area contributed by atoms with Crippen molar-refractivity contribution >= 4 is 6.21 Å². The fourth-order valence-corrected chi connectivity index (χ4v) is 1.00. The molecule has 0 saturated carbocycles. The molecule has 0 saturated heterocycles. The van der Waals surface area contributed by atoms with E-state index in [1.54, 1.807) is 6.26 Å². The first-order valence-corrected chi connectivity index (χ1v) is 4.64. The van der Waals surface area contributed by atoms with E-state index >= 15 is 0 Å². The van der Waals surface area contributed by atoms with Crippen LogP contribution in [0.5, 0.6) is 0 Å². The van der Waals surface area contributed by atoms with Gasteiger partial charge in [0.25, 0.3) is 0 Å². The van der Waals surface area contributed by atoms with Gasteiger partial charge in [-0.25, -0.2) is 0 Å². The van der Waals surface area contributed by atoms with Crippen LogP contribution in [0.1, 0.15) is 33.0 Å². The molecule has 0 N–H and O–H groups in total. The minimum absolute atomic E-state index is 0.0448. The van der Waals surface area contributed by atoms with E-state index < -0.39 is 0 Å². The van der Waals surface area contributed by atoms with E-state index in [1.165, 1.54) is 0 Å². The summed E-state index contributed by atoms with van der Waals surface area (Å²) in [6.07, 6.45) is 5.57. The lowest BCUT2D eigenvalue weighted by Crippen LogP contribution is -2.09. The summed E-state index contributed by atoms with van der Waals surface area (Å²) in [5.74, 6) is 1.03. The van der Waals surface area contributed by atoms with Gasteiger partial charge in [0.1, 0.15) is 5.76 Å². The maximum atomic E-state index is 5.20. The molecule has 0 bridgehead atoms. The Kier molecular flexibility index (Phi) is 3.29. The summed E-state index contributed by atoms with van der Waals surface area (Å²) < 4.78 is 5.20. The monoisotopic (exact) mass is 179 g/mol. The Balaban J connectivity index is 2.25. The molecule has 0 fully saturated rings. The Labute approximate surface area is 79.7 Å². The molecule has 0 aromatic carbocycles. The normalized spacial score (nSPS) is 12.5. The van der Waals surface area contributed by atoms with E-state index in [2.05, 4.69) is 25.8 Å². The highest BCUT2D eigenvalue weighted by Crippen LogP contribution is 2.06. The van der Waals surface area contributed by atoms with Crippen molar-refractivity contribution < 1.29 is 4.42 Å². The average Bonchev–Trinajstić information content (AvgIpc) is 2.48.